The summed E-state index contributed by atoms with van der Waals surface area (Å²) in [5.41, 5.74) is 5.87. The molecule has 0 aliphatic carbocycles. The summed E-state index contributed by atoms with van der Waals surface area (Å²) in [6.45, 7) is 8.24. The zero-order valence-electron chi connectivity index (χ0n) is 12.6. The van der Waals surface area contributed by atoms with Crippen LogP contribution in [0.4, 0.5) is 0 Å². The molecule has 1 unspecified atom stereocenters. The molecule has 2 N–H and O–H groups in total. The fraction of sp³-hybridized carbons (Fsp3) is 0.933. The normalized spacial score (nSPS) is 12.4. The van der Waals surface area contributed by atoms with Gasteiger partial charge in [0.15, 0.2) is 0 Å². The second-order valence-corrected chi connectivity index (χ2v) is 5.17. The maximum atomic E-state index is 12.1. The van der Waals surface area contributed by atoms with Crippen LogP contribution in [0, 0.1) is 0 Å². The Bertz CT molecular complexity index is 197. The third-order valence-electron chi connectivity index (χ3n) is 3.38. The molecule has 1 atom stereocenters. The first kappa shape index (κ1) is 17.4. The first-order valence-electron chi connectivity index (χ1n) is 7.68. The van der Waals surface area contributed by atoms with Gasteiger partial charge in [-0.3, -0.25) is 4.79 Å². The van der Waals surface area contributed by atoms with Gasteiger partial charge in [0.05, 0.1) is 0 Å². The van der Waals surface area contributed by atoms with E-state index in [0.717, 1.165) is 32.4 Å². The number of nitrogens with zero attached hydrogens (tertiary/aromatic N) is 1. The van der Waals surface area contributed by atoms with Crippen LogP contribution in [0.5, 0.6) is 0 Å². The van der Waals surface area contributed by atoms with E-state index >= 15 is 0 Å². The van der Waals surface area contributed by atoms with Crippen LogP contribution in [-0.4, -0.2) is 29.9 Å². The maximum Gasteiger partial charge on any atom is 0.224 e. The second kappa shape index (κ2) is 11.5. The fourth-order valence-corrected chi connectivity index (χ4v) is 1.96. The van der Waals surface area contributed by atoms with Crippen molar-refractivity contribution in [2.75, 3.05) is 13.1 Å². The van der Waals surface area contributed by atoms with Crippen LogP contribution in [0.3, 0.4) is 0 Å². The van der Waals surface area contributed by atoms with Crippen molar-refractivity contribution in [3.8, 4) is 0 Å². The number of unbranched alkanes of at least 4 members (excludes halogenated alkanes) is 4. The molecule has 1 amide bonds. The lowest BCUT2D eigenvalue weighted by molar-refractivity contribution is -0.131. The number of hydrogen-bond acceptors (Lipinski definition) is 2. The standard InChI is InChI=1S/C15H32N2O/c1-4-7-9-11-17(12-10-8-5-2)15(18)13-14(16)6-3/h14H,4-13,16H2,1-3H3. The van der Waals surface area contributed by atoms with Gasteiger partial charge in [0.2, 0.25) is 5.91 Å². The van der Waals surface area contributed by atoms with Crippen molar-refractivity contribution in [1.29, 1.82) is 0 Å². The van der Waals surface area contributed by atoms with Crippen molar-refractivity contribution in [3.05, 3.63) is 0 Å². The fourth-order valence-electron chi connectivity index (χ4n) is 1.96. The molecule has 0 bridgehead atoms. The van der Waals surface area contributed by atoms with E-state index in [0.29, 0.717) is 6.42 Å². The van der Waals surface area contributed by atoms with E-state index in [-0.39, 0.29) is 11.9 Å². The predicted octanol–water partition coefficient (Wildman–Crippen LogP) is 3.32. The van der Waals surface area contributed by atoms with E-state index in [1.807, 2.05) is 11.8 Å². The van der Waals surface area contributed by atoms with Crippen LogP contribution in [-0.2, 0) is 4.79 Å². The lowest BCUT2D eigenvalue weighted by Crippen LogP contribution is -2.37. The number of nitrogens with two attached hydrogens (primary N) is 1. The first-order chi connectivity index (χ1) is 8.65. The minimum atomic E-state index is 0.0253. The highest BCUT2D eigenvalue weighted by Gasteiger charge is 2.15. The van der Waals surface area contributed by atoms with Gasteiger partial charge in [0.25, 0.3) is 0 Å². The molecule has 0 aromatic heterocycles. The van der Waals surface area contributed by atoms with E-state index in [9.17, 15) is 4.79 Å². The number of amides is 1. The van der Waals surface area contributed by atoms with Crippen LogP contribution in [0.2, 0.25) is 0 Å². The van der Waals surface area contributed by atoms with E-state index in [2.05, 4.69) is 13.8 Å². The molecule has 0 rings (SSSR count). The Hall–Kier alpha value is -0.570. The maximum absolute atomic E-state index is 12.1. The quantitative estimate of drug-likeness (QED) is 0.576. The molecule has 0 aliphatic heterocycles. The van der Waals surface area contributed by atoms with Gasteiger partial charge in [-0.2, -0.15) is 0 Å². The van der Waals surface area contributed by atoms with Gasteiger partial charge in [-0.15, -0.1) is 0 Å². The Morgan fingerprint density at radius 2 is 1.50 bits per heavy atom. The molecule has 18 heavy (non-hydrogen) atoms. The molecule has 0 aromatic rings. The highest BCUT2D eigenvalue weighted by atomic mass is 16.2. The summed E-state index contributed by atoms with van der Waals surface area (Å²) in [5.74, 6) is 0.247. The summed E-state index contributed by atoms with van der Waals surface area (Å²) >= 11 is 0. The first-order valence-corrected chi connectivity index (χ1v) is 7.68. The molecule has 0 saturated carbocycles. The Balaban J connectivity index is 4.11. The molecule has 0 fully saturated rings. The van der Waals surface area contributed by atoms with Gasteiger partial charge in [-0.1, -0.05) is 46.5 Å². The molecule has 0 radical (unpaired) electrons. The van der Waals surface area contributed by atoms with Crippen LogP contribution in [0.1, 0.15) is 72.1 Å². The molecule has 0 spiro atoms. The molecular weight excluding hydrogens is 224 g/mol. The summed E-state index contributed by atoms with van der Waals surface area (Å²) in [6.07, 6.45) is 8.44. The summed E-state index contributed by atoms with van der Waals surface area (Å²) in [6, 6.07) is 0.0253. The molecule has 0 aliphatic rings. The third-order valence-corrected chi connectivity index (χ3v) is 3.38. The lowest BCUT2D eigenvalue weighted by Gasteiger charge is -2.24. The van der Waals surface area contributed by atoms with Gasteiger partial charge >= 0.3 is 0 Å². The van der Waals surface area contributed by atoms with E-state index < -0.39 is 0 Å². The largest absolute Gasteiger partial charge is 0.343 e. The summed E-state index contributed by atoms with van der Waals surface area (Å²) in [4.78, 5) is 14.2. The molecule has 3 nitrogen and oxygen atoms in total. The lowest BCUT2D eigenvalue weighted by atomic mass is 10.1. The van der Waals surface area contributed by atoms with E-state index in [1.54, 1.807) is 0 Å². The summed E-state index contributed by atoms with van der Waals surface area (Å²) in [7, 11) is 0. The van der Waals surface area contributed by atoms with Crippen LogP contribution < -0.4 is 5.73 Å². The highest BCUT2D eigenvalue weighted by Crippen LogP contribution is 2.06. The molecule has 0 saturated heterocycles. The van der Waals surface area contributed by atoms with Crippen LogP contribution in [0.25, 0.3) is 0 Å². The zero-order valence-corrected chi connectivity index (χ0v) is 12.6. The Morgan fingerprint density at radius 3 is 1.89 bits per heavy atom. The van der Waals surface area contributed by atoms with Crippen molar-refractivity contribution in [2.24, 2.45) is 5.73 Å². The van der Waals surface area contributed by atoms with Crippen molar-refractivity contribution >= 4 is 5.91 Å². The number of carbonyl (C=O) groups excluding carboxylic acids is 1. The Kier molecular flexibility index (Phi) is 11.2. The van der Waals surface area contributed by atoms with Crippen molar-refractivity contribution in [1.82, 2.24) is 4.90 Å². The minimum absolute atomic E-state index is 0.0253. The van der Waals surface area contributed by atoms with E-state index in [1.165, 1.54) is 25.7 Å². The van der Waals surface area contributed by atoms with Crippen molar-refractivity contribution in [3.63, 3.8) is 0 Å². The van der Waals surface area contributed by atoms with Crippen molar-refractivity contribution < 1.29 is 4.79 Å². The Morgan fingerprint density at radius 1 is 1.00 bits per heavy atom. The summed E-state index contributed by atoms with van der Waals surface area (Å²) < 4.78 is 0. The zero-order chi connectivity index (χ0) is 13.8. The number of hydrogen-bond donors (Lipinski definition) is 1. The van der Waals surface area contributed by atoms with Gasteiger partial charge in [-0.25, -0.2) is 0 Å². The van der Waals surface area contributed by atoms with Crippen LogP contribution >= 0.6 is 0 Å². The number of rotatable bonds is 11. The summed E-state index contributed by atoms with van der Waals surface area (Å²) in [5, 5.41) is 0. The second-order valence-electron chi connectivity index (χ2n) is 5.17. The highest BCUT2D eigenvalue weighted by molar-refractivity contribution is 5.76. The van der Waals surface area contributed by atoms with Gasteiger partial charge in [0.1, 0.15) is 0 Å². The monoisotopic (exact) mass is 256 g/mol. The molecule has 0 heterocycles. The number of carbonyl (C=O) groups is 1. The van der Waals surface area contributed by atoms with Gasteiger partial charge in [0, 0.05) is 25.6 Å². The molecule has 108 valence electrons. The third kappa shape index (κ3) is 8.51. The smallest absolute Gasteiger partial charge is 0.224 e. The average molecular weight is 256 g/mol. The Labute approximate surface area is 113 Å². The average Bonchev–Trinajstić information content (AvgIpc) is 2.37. The predicted molar refractivity (Wildman–Crippen MR) is 78.5 cm³/mol. The molecular formula is C15H32N2O. The van der Waals surface area contributed by atoms with Gasteiger partial charge < -0.3 is 10.6 Å². The minimum Gasteiger partial charge on any atom is -0.343 e. The topological polar surface area (TPSA) is 46.3 Å². The van der Waals surface area contributed by atoms with Crippen LogP contribution in [0.15, 0.2) is 0 Å². The van der Waals surface area contributed by atoms with E-state index in [4.69, 9.17) is 5.73 Å². The molecule has 3 heteroatoms. The van der Waals surface area contributed by atoms with Gasteiger partial charge in [-0.05, 0) is 19.3 Å². The van der Waals surface area contributed by atoms with Crippen molar-refractivity contribution in [2.45, 2.75) is 78.2 Å². The SMILES string of the molecule is CCCCCN(CCCCC)C(=O)CC(N)CC. The molecule has 0 aromatic carbocycles.